The van der Waals surface area contributed by atoms with Crippen molar-refractivity contribution in [3.8, 4) is 0 Å². The molecule has 0 aromatic heterocycles. The van der Waals surface area contributed by atoms with Crippen LogP contribution in [0.1, 0.15) is 19.8 Å². The Morgan fingerprint density at radius 3 is 2.50 bits per heavy atom. The molecular weight excluding hydrogens is 188 g/mol. The molecular formula is C9H14O5. The van der Waals surface area contributed by atoms with Gasteiger partial charge in [-0.3, -0.25) is 9.59 Å². The summed E-state index contributed by atoms with van der Waals surface area (Å²) in [5.74, 6) is -0.871. The summed E-state index contributed by atoms with van der Waals surface area (Å²) in [6, 6.07) is 0. The lowest BCUT2D eigenvalue weighted by atomic mass is 10.0. The molecule has 1 heterocycles. The molecule has 14 heavy (non-hydrogen) atoms. The second kappa shape index (κ2) is 4.95. The Balaban J connectivity index is 2.31. The molecule has 0 aromatic carbocycles. The lowest BCUT2D eigenvalue weighted by Gasteiger charge is -2.26. The van der Waals surface area contributed by atoms with Crippen LogP contribution in [0.2, 0.25) is 0 Å². The first-order chi connectivity index (χ1) is 6.63. The molecule has 1 aliphatic rings. The van der Waals surface area contributed by atoms with Crippen molar-refractivity contribution in [2.75, 3.05) is 13.7 Å². The standard InChI is InChI=1S/C9H14O5/c1-6(10)14-8-4-3-7(5-13-8)9(11)12-2/h7-8H,3-5H2,1-2H3. The summed E-state index contributed by atoms with van der Waals surface area (Å²) in [5.41, 5.74) is 0. The van der Waals surface area contributed by atoms with Crippen LogP contribution >= 0.6 is 0 Å². The van der Waals surface area contributed by atoms with Crippen molar-refractivity contribution in [3.05, 3.63) is 0 Å². The van der Waals surface area contributed by atoms with Gasteiger partial charge in [0.2, 0.25) is 6.29 Å². The third-order valence-electron chi connectivity index (χ3n) is 2.07. The van der Waals surface area contributed by atoms with Crippen molar-refractivity contribution in [2.45, 2.75) is 26.1 Å². The van der Waals surface area contributed by atoms with Gasteiger partial charge >= 0.3 is 11.9 Å². The number of carbonyl (C=O) groups is 2. The van der Waals surface area contributed by atoms with Crippen LogP contribution in [0, 0.1) is 5.92 Å². The van der Waals surface area contributed by atoms with Crippen LogP contribution in [0.4, 0.5) is 0 Å². The summed E-state index contributed by atoms with van der Waals surface area (Å²) in [6.45, 7) is 1.58. The lowest BCUT2D eigenvalue weighted by Crippen LogP contribution is -2.33. The minimum atomic E-state index is -0.506. The molecule has 0 amide bonds. The highest BCUT2D eigenvalue weighted by Crippen LogP contribution is 2.20. The van der Waals surface area contributed by atoms with Crippen LogP contribution in [0.25, 0.3) is 0 Å². The minimum Gasteiger partial charge on any atom is -0.469 e. The third kappa shape index (κ3) is 2.99. The van der Waals surface area contributed by atoms with Crippen LogP contribution in [0.5, 0.6) is 0 Å². The van der Waals surface area contributed by atoms with Crippen molar-refractivity contribution in [2.24, 2.45) is 5.92 Å². The largest absolute Gasteiger partial charge is 0.469 e. The van der Waals surface area contributed by atoms with Gasteiger partial charge in [-0.15, -0.1) is 0 Å². The summed E-state index contributed by atoms with van der Waals surface area (Å²) >= 11 is 0. The van der Waals surface area contributed by atoms with Gasteiger partial charge in [0.15, 0.2) is 0 Å². The lowest BCUT2D eigenvalue weighted by molar-refractivity contribution is -0.193. The first-order valence-corrected chi connectivity index (χ1v) is 4.50. The molecule has 2 atom stereocenters. The molecule has 0 spiro atoms. The van der Waals surface area contributed by atoms with Gasteiger partial charge in [-0.2, -0.15) is 0 Å². The number of rotatable bonds is 2. The average Bonchev–Trinajstić information content (AvgIpc) is 2.17. The van der Waals surface area contributed by atoms with Gasteiger partial charge in [-0.1, -0.05) is 0 Å². The summed E-state index contributed by atoms with van der Waals surface area (Å²) < 4.78 is 14.6. The molecule has 2 unspecified atom stereocenters. The summed E-state index contributed by atoms with van der Waals surface area (Å²) in [6.07, 6.45) is 0.664. The molecule has 0 bridgehead atoms. The summed E-state index contributed by atoms with van der Waals surface area (Å²) in [5, 5.41) is 0. The molecule has 5 nitrogen and oxygen atoms in total. The predicted octanol–water partition coefficient (Wildman–Crippen LogP) is 0.475. The normalized spacial score (nSPS) is 26.7. The first kappa shape index (κ1) is 11.0. The van der Waals surface area contributed by atoms with E-state index in [1.165, 1.54) is 14.0 Å². The molecule has 0 aromatic rings. The quantitative estimate of drug-likeness (QED) is 0.609. The van der Waals surface area contributed by atoms with E-state index in [2.05, 4.69) is 4.74 Å². The maximum Gasteiger partial charge on any atom is 0.311 e. The minimum absolute atomic E-state index is 0.230. The second-order valence-corrected chi connectivity index (χ2v) is 3.17. The molecule has 0 saturated carbocycles. The van der Waals surface area contributed by atoms with Gasteiger partial charge in [-0.05, 0) is 6.42 Å². The highest BCUT2D eigenvalue weighted by atomic mass is 16.7. The fraction of sp³-hybridized carbons (Fsp3) is 0.778. The van der Waals surface area contributed by atoms with Crippen molar-refractivity contribution in [3.63, 3.8) is 0 Å². The molecule has 0 N–H and O–H groups in total. The highest BCUT2D eigenvalue weighted by molar-refractivity contribution is 5.72. The molecule has 1 saturated heterocycles. The van der Waals surface area contributed by atoms with E-state index in [1.54, 1.807) is 0 Å². The number of esters is 2. The zero-order valence-corrected chi connectivity index (χ0v) is 8.32. The smallest absolute Gasteiger partial charge is 0.311 e. The molecule has 1 aliphatic heterocycles. The second-order valence-electron chi connectivity index (χ2n) is 3.17. The van der Waals surface area contributed by atoms with E-state index in [-0.39, 0.29) is 24.5 Å². The van der Waals surface area contributed by atoms with Crippen LogP contribution < -0.4 is 0 Å². The van der Waals surface area contributed by atoms with E-state index >= 15 is 0 Å². The zero-order valence-electron chi connectivity index (χ0n) is 8.32. The van der Waals surface area contributed by atoms with Crippen molar-refractivity contribution >= 4 is 11.9 Å². The number of methoxy groups -OCH3 is 1. The Labute approximate surface area is 82.3 Å². The van der Waals surface area contributed by atoms with E-state index < -0.39 is 6.29 Å². The van der Waals surface area contributed by atoms with Gasteiger partial charge in [0.05, 0.1) is 19.6 Å². The van der Waals surface area contributed by atoms with Gasteiger partial charge in [0.25, 0.3) is 0 Å². The number of ether oxygens (including phenoxy) is 3. The fourth-order valence-electron chi connectivity index (χ4n) is 1.36. The molecule has 1 rings (SSSR count). The Morgan fingerprint density at radius 2 is 2.07 bits per heavy atom. The average molecular weight is 202 g/mol. The predicted molar refractivity (Wildman–Crippen MR) is 46.2 cm³/mol. The van der Waals surface area contributed by atoms with Crippen molar-refractivity contribution < 1.29 is 23.8 Å². The third-order valence-corrected chi connectivity index (χ3v) is 2.07. The Kier molecular flexibility index (Phi) is 3.88. The molecule has 1 fully saturated rings. The van der Waals surface area contributed by atoms with Gasteiger partial charge in [-0.25, -0.2) is 0 Å². The maximum atomic E-state index is 11.1. The van der Waals surface area contributed by atoms with E-state index in [0.29, 0.717) is 12.8 Å². The van der Waals surface area contributed by atoms with Crippen LogP contribution in [-0.4, -0.2) is 31.9 Å². The number of carbonyl (C=O) groups excluding carboxylic acids is 2. The van der Waals surface area contributed by atoms with Crippen LogP contribution in [0.3, 0.4) is 0 Å². The first-order valence-electron chi connectivity index (χ1n) is 4.50. The maximum absolute atomic E-state index is 11.1. The van der Waals surface area contributed by atoms with Crippen LogP contribution in [-0.2, 0) is 23.8 Å². The zero-order chi connectivity index (χ0) is 10.6. The van der Waals surface area contributed by atoms with Gasteiger partial charge < -0.3 is 14.2 Å². The van der Waals surface area contributed by atoms with Crippen molar-refractivity contribution in [1.29, 1.82) is 0 Å². The number of hydrogen-bond acceptors (Lipinski definition) is 5. The Hall–Kier alpha value is -1.10. The topological polar surface area (TPSA) is 61.8 Å². The monoisotopic (exact) mass is 202 g/mol. The van der Waals surface area contributed by atoms with E-state index in [1.807, 2.05) is 0 Å². The molecule has 0 aliphatic carbocycles. The van der Waals surface area contributed by atoms with E-state index in [0.717, 1.165) is 0 Å². The van der Waals surface area contributed by atoms with E-state index in [9.17, 15) is 9.59 Å². The van der Waals surface area contributed by atoms with E-state index in [4.69, 9.17) is 9.47 Å². The van der Waals surface area contributed by atoms with Crippen LogP contribution in [0.15, 0.2) is 0 Å². The highest BCUT2D eigenvalue weighted by Gasteiger charge is 2.28. The molecule has 80 valence electrons. The Bertz CT molecular complexity index is 217. The molecule has 5 heteroatoms. The van der Waals surface area contributed by atoms with Gasteiger partial charge in [0, 0.05) is 13.3 Å². The van der Waals surface area contributed by atoms with Crippen molar-refractivity contribution in [1.82, 2.24) is 0 Å². The summed E-state index contributed by atoms with van der Waals surface area (Å²) in [7, 11) is 1.35. The molecule has 0 radical (unpaired) electrons. The fourth-order valence-corrected chi connectivity index (χ4v) is 1.36. The Morgan fingerprint density at radius 1 is 1.36 bits per heavy atom. The summed E-state index contributed by atoms with van der Waals surface area (Å²) in [4.78, 5) is 21.7. The SMILES string of the molecule is COC(=O)C1CCC(OC(C)=O)OC1. The van der Waals surface area contributed by atoms with Gasteiger partial charge in [0.1, 0.15) is 0 Å². The number of hydrogen-bond donors (Lipinski definition) is 0.